The van der Waals surface area contributed by atoms with E-state index < -0.39 is 17.7 Å². The van der Waals surface area contributed by atoms with E-state index in [2.05, 4.69) is 0 Å². The second-order valence-electron chi connectivity index (χ2n) is 7.91. The number of halogens is 3. The standard InChI is InChI=1S/C24H22F3NO3S2/c1-14-11-18(9-10-19(14)31-12-21(29)30)32-13-16-3-2-4-20-22(16)28-23(33-20)15-5-7-17(8-6-15)24(25,26)27/h5-11,16H,2-4,12-13H2,1H3,(H,29,30). The number of thioether (sulfide) groups is 1. The second kappa shape index (κ2) is 9.77. The Hall–Kier alpha value is -2.52. The summed E-state index contributed by atoms with van der Waals surface area (Å²) in [4.78, 5) is 17.8. The normalized spacial score (nSPS) is 15.8. The lowest BCUT2D eigenvalue weighted by molar-refractivity contribution is -0.139. The van der Waals surface area contributed by atoms with Crippen LogP contribution < -0.4 is 4.74 Å². The van der Waals surface area contributed by atoms with Crippen LogP contribution in [-0.4, -0.2) is 28.4 Å². The average Bonchev–Trinajstić information content (AvgIpc) is 3.21. The highest BCUT2D eigenvalue weighted by molar-refractivity contribution is 7.99. The van der Waals surface area contributed by atoms with Crippen LogP contribution in [0, 0.1) is 6.92 Å². The summed E-state index contributed by atoms with van der Waals surface area (Å²) >= 11 is 3.29. The first-order valence-corrected chi connectivity index (χ1v) is 12.3. The Morgan fingerprint density at radius 2 is 2.00 bits per heavy atom. The molecule has 0 aliphatic heterocycles. The molecule has 0 saturated carbocycles. The number of aliphatic carboxylic acids is 1. The van der Waals surface area contributed by atoms with Gasteiger partial charge in [0.1, 0.15) is 10.8 Å². The molecular weight excluding hydrogens is 471 g/mol. The highest BCUT2D eigenvalue weighted by Crippen LogP contribution is 2.41. The van der Waals surface area contributed by atoms with Gasteiger partial charge in [-0.05, 0) is 62.1 Å². The minimum Gasteiger partial charge on any atom is -0.482 e. The molecule has 0 amide bonds. The minimum atomic E-state index is -4.35. The molecule has 0 radical (unpaired) electrons. The van der Waals surface area contributed by atoms with E-state index in [1.807, 2.05) is 19.1 Å². The number of aryl methyl sites for hydroxylation is 2. The number of ether oxygens (including phenoxy) is 1. The molecule has 0 saturated heterocycles. The molecule has 1 aliphatic rings. The molecule has 4 nitrogen and oxygen atoms in total. The number of carboxylic acid groups (broad SMARTS) is 1. The van der Waals surface area contributed by atoms with Crippen molar-refractivity contribution in [2.75, 3.05) is 12.4 Å². The van der Waals surface area contributed by atoms with Gasteiger partial charge in [0.2, 0.25) is 0 Å². The van der Waals surface area contributed by atoms with Crippen molar-refractivity contribution in [2.24, 2.45) is 0 Å². The molecule has 2 aromatic carbocycles. The number of thiazole rings is 1. The van der Waals surface area contributed by atoms with Crippen LogP contribution in [-0.2, 0) is 17.4 Å². The Morgan fingerprint density at radius 1 is 1.24 bits per heavy atom. The fraction of sp³-hybridized carbons (Fsp3) is 0.333. The number of hydrogen-bond donors (Lipinski definition) is 1. The van der Waals surface area contributed by atoms with E-state index in [-0.39, 0.29) is 12.5 Å². The van der Waals surface area contributed by atoms with Crippen LogP contribution in [0.2, 0.25) is 0 Å². The Morgan fingerprint density at radius 3 is 2.67 bits per heavy atom. The molecule has 3 aromatic rings. The van der Waals surface area contributed by atoms with Gasteiger partial charge in [-0.15, -0.1) is 23.1 Å². The molecule has 174 valence electrons. The fourth-order valence-electron chi connectivity index (χ4n) is 3.80. The molecule has 1 unspecified atom stereocenters. The number of rotatable bonds is 7. The number of carboxylic acids is 1. The molecule has 0 bridgehead atoms. The molecule has 1 heterocycles. The molecule has 4 rings (SSSR count). The predicted molar refractivity (Wildman–Crippen MR) is 123 cm³/mol. The molecule has 1 N–H and O–H groups in total. The summed E-state index contributed by atoms with van der Waals surface area (Å²) in [7, 11) is 0. The number of benzene rings is 2. The number of aromatic nitrogens is 1. The van der Waals surface area contributed by atoms with Gasteiger partial charge in [0, 0.05) is 27.0 Å². The van der Waals surface area contributed by atoms with Gasteiger partial charge < -0.3 is 9.84 Å². The summed E-state index contributed by atoms with van der Waals surface area (Å²) < 4.78 is 43.9. The highest BCUT2D eigenvalue weighted by Gasteiger charge is 2.30. The van der Waals surface area contributed by atoms with Crippen molar-refractivity contribution >= 4 is 29.1 Å². The third-order valence-corrected chi connectivity index (χ3v) is 7.81. The lowest BCUT2D eigenvalue weighted by Gasteiger charge is -2.20. The largest absolute Gasteiger partial charge is 0.482 e. The van der Waals surface area contributed by atoms with Crippen molar-refractivity contribution < 1.29 is 27.8 Å². The molecular formula is C24H22F3NO3S2. The lowest BCUT2D eigenvalue weighted by Crippen LogP contribution is -2.11. The van der Waals surface area contributed by atoms with Crippen LogP contribution in [0.1, 0.15) is 40.5 Å². The van der Waals surface area contributed by atoms with E-state index in [9.17, 15) is 18.0 Å². The third kappa shape index (κ3) is 5.70. The number of alkyl halides is 3. The van der Waals surface area contributed by atoms with Gasteiger partial charge in [-0.3, -0.25) is 0 Å². The fourth-order valence-corrected chi connectivity index (χ4v) is 6.14. The Bertz CT molecular complexity index is 1140. The number of carbonyl (C=O) groups is 1. The van der Waals surface area contributed by atoms with Gasteiger partial charge in [0.25, 0.3) is 0 Å². The first kappa shape index (κ1) is 23.6. The maximum atomic E-state index is 12.9. The van der Waals surface area contributed by atoms with Crippen LogP contribution >= 0.6 is 23.1 Å². The van der Waals surface area contributed by atoms with Crippen molar-refractivity contribution in [1.82, 2.24) is 4.98 Å². The van der Waals surface area contributed by atoms with Crippen LogP contribution in [0.15, 0.2) is 47.4 Å². The minimum absolute atomic E-state index is 0.279. The van der Waals surface area contributed by atoms with Crippen molar-refractivity contribution in [1.29, 1.82) is 0 Å². The molecule has 1 atom stereocenters. The summed E-state index contributed by atoms with van der Waals surface area (Å²) in [6.07, 6.45) is -1.31. The Kier molecular flexibility index (Phi) is 6.99. The second-order valence-corrected chi connectivity index (χ2v) is 10.1. The third-order valence-electron chi connectivity index (χ3n) is 5.48. The van der Waals surface area contributed by atoms with E-state index >= 15 is 0 Å². The van der Waals surface area contributed by atoms with Crippen LogP contribution in [0.5, 0.6) is 5.75 Å². The first-order chi connectivity index (χ1) is 15.7. The van der Waals surface area contributed by atoms with Gasteiger partial charge in [0.15, 0.2) is 6.61 Å². The van der Waals surface area contributed by atoms with Gasteiger partial charge in [-0.2, -0.15) is 13.2 Å². The molecule has 9 heteroatoms. The summed E-state index contributed by atoms with van der Waals surface area (Å²) in [5.74, 6) is 0.668. The Balaban J connectivity index is 1.45. The zero-order valence-corrected chi connectivity index (χ0v) is 19.4. The van der Waals surface area contributed by atoms with Crippen molar-refractivity contribution in [3.05, 3.63) is 64.2 Å². The highest BCUT2D eigenvalue weighted by atomic mass is 32.2. The van der Waals surface area contributed by atoms with Gasteiger partial charge in [0.05, 0.1) is 11.3 Å². The molecule has 1 aromatic heterocycles. The number of nitrogens with zero attached hydrogens (tertiary/aromatic N) is 1. The zero-order chi connectivity index (χ0) is 23.6. The van der Waals surface area contributed by atoms with Crippen LogP contribution in [0.4, 0.5) is 13.2 Å². The van der Waals surface area contributed by atoms with Gasteiger partial charge >= 0.3 is 12.1 Å². The number of hydrogen-bond acceptors (Lipinski definition) is 5. The Labute approximate surface area is 197 Å². The van der Waals surface area contributed by atoms with E-state index in [1.54, 1.807) is 29.2 Å². The molecule has 0 spiro atoms. The maximum Gasteiger partial charge on any atom is 0.416 e. The van der Waals surface area contributed by atoms with Crippen LogP contribution in [0.3, 0.4) is 0 Å². The molecule has 33 heavy (non-hydrogen) atoms. The SMILES string of the molecule is Cc1cc(SCC2CCCc3sc(-c4ccc(C(F)(F)F)cc4)nc32)ccc1OCC(=O)O. The topological polar surface area (TPSA) is 59.4 Å². The maximum absolute atomic E-state index is 12.9. The average molecular weight is 494 g/mol. The quantitative estimate of drug-likeness (QED) is 0.366. The number of fused-ring (bicyclic) bond motifs is 1. The zero-order valence-electron chi connectivity index (χ0n) is 17.8. The predicted octanol–water partition coefficient (Wildman–Crippen LogP) is 6.81. The van der Waals surface area contributed by atoms with Crippen molar-refractivity contribution in [3.8, 4) is 16.3 Å². The lowest BCUT2D eigenvalue weighted by atomic mass is 9.93. The summed E-state index contributed by atoms with van der Waals surface area (Å²) in [5, 5.41) is 9.53. The smallest absolute Gasteiger partial charge is 0.416 e. The van der Waals surface area contributed by atoms with Crippen LogP contribution in [0.25, 0.3) is 10.6 Å². The summed E-state index contributed by atoms with van der Waals surface area (Å²) in [6.45, 7) is 1.51. The summed E-state index contributed by atoms with van der Waals surface area (Å²) in [5.41, 5.74) is 1.99. The van der Waals surface area contributed by atoms with E-state index in [1.165, 1.54) is 17.0 Å². The van der Waals surface area contributed by atoms with Crippen molar-refractivity contribution in [3.63, 3.8) is 0 Å². The van der Waals surface area contributed by atoms with Gasteiger partial charge in [-0.1, -0.05) is 12.1 Å². The molecule has 1 aliphatic carbocycles. The summed E-state index contributed by atoms with van der Waals surface area (Å²) in [6, 6.07) is 10.9. The van der Waals surface area contributed by atoms with E-state index in [4.69, 9.17) is 14.8 Å². The monoisotopic (exact) mass is 493 g/mol. The molecule has 0 fully saturated rings. The van der Waals surface area contributed by atoms with Crippen molar-refractivity contribution in [2.45, 2.75) is 43.2 Å². The first-order valence-electron chi connectivity index (χ1n) is 10.5. The van der Waals surface area contributed by atoms with E-state index in [0.717, 1.165) is 58.3 Å². The van der Waals surface area contributed by atoms with Gasteiger partial charge in [-0.25, -0.2) is 9.78 Å². The van der Waals surface area contributed by atoms with E-state index in [0.29, 0.717) is 11.3 Å².